The van der Waals surface area contributed by atoms with Crippen LogP contribution in [0.5, 0.6) is 0 Å². The summed E-state index contributed by atoms with van der Waals surface area (Å²) in [7, 11) is 2.11. The Kier molecular flexibility index (Phi) is 5.63. The van der Waals surface area contributed by atoms with Crippen LogP contribution in [0.2, 0.25) is 0 Å². The van der Waals surface area contributed by atoms with Crippen molar-refractivity contribution in [3.63, 3.8) is 0 Å². The van der Waals surface area contributed by atoms with Crippen molar-refractivity contribution in [3.8, 4) is 0 Å². The van der Waals surface area contributed by atoms with Crippen molar-refractivity contribution >= 4 is 11.6 Å². The molecule has 1 amide bonds. The van der Waals surface area contributed by atoms with E-state index in [1.165, 1.54) is 5.56 Å². The number of amides is 1. The summed E-state index contributed by atoms with van der Waals surface area (Å²) in [4.78, 5) is 14.6. The third-order valence-corrected chi connectivity index (χ3v) is 4.26. The van der Waals surface area contributed by atoms with Crippen LogP contribution in [-0.2, 0) is 11.2 Å². The van der Waals surface area contributed by atoms with Crippen LogP contribution >= 0.6 is 0 Å². The van der Waals surface area contributed by atoms with Gasteiger partial charge in [-0.15, -0.1) is 0 Å². The SMILES string of the molecule is CN1CCC(C(=O)Nc2ccc(C[CH]C(C)(C)C)cc2)CC1. The number of benzene rings is 1. The molecule has 0 aromatic heterocycles. The van der Waals surface area contributed by atoms with Crippen molar-refractivity contribution < 1.29 is 4.79 Å². The maximum atomic E-state index is 12.3. The molecule has 0 aliphatic carbocycles. The number of nitrogens with zero attached hydrogens (tertiary/aromatic N) is 1. The number of carbonyl (C=O) groups excluding carboxylic acids is 1. The van der Waals surface area contributed by atoms with Gasteiger partial charge in [-0.1, -0.05) is 32.9 Å². The minimum Gasteiger partial charge on any atom is -0.326 e. The molecular weight excluding hydrogens is 272 g/mol. The van der Waals surface area contributed by atoms with Crippen LogP contribution in [-0.4, -0.2) is 30.9 Å². The molecule has 3 nitrogen and oxygen atoms in total. The highest BCUT2D eigenvalue weighted by atomic mass is 16.1. The Labute approximate surface area is 135 Å². The zero-order chi connectivity index (χ0) is 16.2. The molecule has 1 aromatic carbocycles. The Balaban J connectivity index is 1.84. The first kappa shape index (κ1) is 17.0. The molecule has 0 bridgehead atoms. The zero-order valence-corrected chi connectivity index (χ0v) is 14.4. The number of likely N-dealkylation sites (tertiary alicyclic amines) is 1. The summed E-state index contributed by atoms with van der Waals surface area (Å²) in [6.45, 7) is 8.66. The van der Waals surface area contributed by atoms with Crippen molar-refractivity contribution in [2.45, 2.75) is 40.0 Å². The summed E-state index contributed by atoms with van der Waals surface area (Å²) < 4.78 is 0. The van der Waals surface area contributed by atoms with E-state index in [0.29, 0.717) is 0 Å². The molecule has 3 heteroatoms. The molecule has 0 unspecified atom stereocenters. The number of anilines is 1. The molecule has 2 rings (SSSR count). The molecule has 0 atom stereocenters. The van der Waals surface area contributed by atoms with Crippen LogP contribution in [0.1, 0.15) is 39.2 Å². The van der Waals surface area contributed by atoms with E-state index in [4.69, 9.17) is 0 Å². The standard InChI is InChI=1S/C19H29N2O/c1-19(2,3)12-9-15-5-7-17(8-6-15)20-18(22)16-10-13-21(4)14-11-16/h5-8,12,16H,9-11,13-14H2,1-4H3,(H,20,22). The Hall–Kier alpha value is -1.35. The quantitative estimate of drug-likeness (QED) is 0.918. The van der Waals surface area contributed by atoms with E-state index < -0.39 is 0 Å². The normalized spacial score (nSPS) is 17.5. The van der Waals surface area contributed by atoms with Crippen LogP contribution < -0.4 is 5.32 Å². The maximum Gasteiger partial charge on any atom is 0.227 e. The van der Waals surface area contributed by atoms with Gasteiger partial charge in [0.2, 0.25) is 5.91 Å². The van der Waals surface area contributed by atoms with Gasteiger partial charge in [0.1, 0.15) is 0 Å². The average Bonchev–Trinajstić information content (AvgIpc) is 2.46. The summed E-state index contributed by atoms with van der Waals surface area (Å²) in [6, 6.07) is 8.23. The highest BCUT2D eigenvalue weighted by Gasteiger charge is 2.23. The minimum absolute atomic E-state index is 0.158. The van der Waals surface area contributed by atoms with Crippen LogP contribution in [0.3, 0.4) is 0 Å². The van der Waals surface area contributed by atoms with E-state index in [2.05, 4.69) is 56.6 Å². The van der Waals surface area contributed by atoms with Crippen LogP contribution in [0.4, 0.5) is 5.69 Å². The first-order valence-corrected chi connectivity index (χ1v) is 8.26. The van der Waals surface area contributed by atoms with Gasteiger partial charge in [0.05, 0.1) is 0 Å². The van der Waals surface area contributed by atoms with Gasteiger partial charge in [-0.3, -0.25) is 4.79 Å². The van der Waals surface area contributed by atoms with E-state index in [-0.39, 0.29) is 17.2 Å². The second kappa shape index (κ2) is 7.28. The molecule has 1 heterocycles. The van der Waals surface area contributed by atoms with Gasteiger partial charge in [0.25, 0.3) is 0 Å². The Morgan fingerprint density at radius 3 is 2.36 bits per heavy atom. The van der Waals surface area contributed by atoms with Crippen molar-refractivity contribution in [1.29, 1.82) is 0 Å². The predicted octanol–water partition coefficient (Wildman–Crippen LogP) is 3.76. The molecule has 1 radical (unpaired) electrons. The maximum absolute atomic E-state index is 12.3. The summed E-state index contributed by atoms with van der Waals surface area (Å²) >= 11 is 0. The fourth-order valence-corrected chi connectivity index (χ4v) is 2.66. The van der Waals surface area contributed by atoms with E-state index >= 15 is 0 Å². The van der Waals surface area contributed by atoms with Crippen LogP contribution in [0.15, 0.2) is 24.3 Å². The lowest BCUT2D eigenvalue weighted by Crippen LogP contribution is -2.35. The van der Waals surface area contributed by atoms with E-state index in [1.54, 1.807) is 0 Å². The summed E-state index contributed by atoms with van der Waals surface area (Å²) in [6.07, 6.45) is 5.20. The van der Waals surface area contributed by atoms with Gasteiger partial charge < -0.3 is 10.2 Å². The highest BCUT2D eigenvalue weighted by Crippen LogP contribution is 2.22. The molecular formula is C19H29N2O. The largest absolute Gasteiger partial charge is 0.326 e. The van der Waals surface area contributed by atoms with Crippen molar-refractivity contribution in [3.05, 3.63) is 36.2 Å². The molecule has 1 N–H and O–H groups in total. The number of nitrogens with one attached hydrogen (secondary N) is 1. The molecule has 1 saturated heterocycles. The molecule has 1 fully saturated rings. The third-order valence-electron chi connectivity index (χ3n) is 4.26. The second-order valence-electron chi connectivity index (χ2n) is 7.54. The number of rotatable bonds is 4. The molecule has 0 spiro atoms. The average molecular weight is 301 g/mol. The number of hydrogen-bond donors (Lipinski definition) is 1. The van der Waals surface area contributed by atoms with Gasteiger partial charge in [-0.2, -0.15) is 0 Å². The van der Waals surface area contributed by atoms with Crippen molar-refractivity contribution in [2.75, 3.05) is 25.5 Å². The first-order chi connectivity index (χ1) is 10.3. The number of carbonyl (C=O) groups is 1. The fraction of sp³-hybridized carbons (Fsp3) is 0.579. The highest BCUT2D eigenvalue weighted by molar-refractivity contribution is 5.92. The summed E-state index contributed by atoms with van der Waals surface area (Å²) in [5.41, 5.74) is 2.43. The lowest BCUT2D eigenvalue weighted by Gasteiger charge is -2.28. The fourth-order valence-electron chi connectivity index (χ4n) is 2.66. The first-order valence-electron chi connectivity index (χ1n) is 8.26. The van der Waals surface area contributed by atoms with E-state index in [1.807, 2.05) is 12.1 Å². The molecule has 0 saturated carbocycles. The zero-order valence-electron chi connectivity index (χ0n) is 14.4. The predicted molar refractivity (Wildman–Crippen MR) is 92.8 cm³/mol. The van der Waals surface area contributed by atoms with E-state index in [9.17, 15) is 4.79 Å². The van der Waals surface area contributed by atoms with Gasteiger partial charge in [-0.25, -0.2) is 0 Å². The Bertz CT molecular complexity index is 479. The van der Waals surface area contributed by atoms with Crippen molar-refractivity contribution in [2.24, 2.45) is 11.3 Å². The molecule has 22 heavy (non-hydrogen) atoms. The third kappa shape index (κ3) is 5.45. The number of piperidine rings is 1. The van der Waals surface area contributed by atoms with Gasteiger partial charge >= 0.3 is 0 Å². The summed E-state index contributed by atoms with van der Waals surface area (Å²) in [5, 5.41) is 3.06. The van der Waals surface area contributed by atoms with Crippen molar-refractivity contribution in [1.82, 2.24) is 4.90 Å². The van der Waals surface area contributed by atoms with Gasteiger partial charge in [-0.05, 0) is 68.9 Å². The molecule has 1 aliphatic rings. The Morgan fingerprint density at radius 2 is 1.82 bits per heavy atom. The monoisotopic (exact) mass is 301 g/mol. The van der Waals surface area contributed by atoms with Crippen LogP contribution in [0.25, 0.3) is 0 Å². The minimum atomic E-state index is 0.158. The lowest BCUT2D eigenvalue weighted by atomic mass is 9.89. The summed E-state index contributed by atoms with van der Waals surface area (Å²) in [5.74, 6) is 0.326. The topological polar surface area (TPSA) is 32.3 Å². The Morgan fingerprint density at radius 1 is 1.23 bits per heavy atom. The van der Waals surface area contributed by atoms with Gasteiger partial charge in [0.15, 0.2) is 0 Å². The van der Waals surface area contributed by atoms with E-state index in [0.717, 1.165) is 38.0 Å². The van der Waals surface area contributed by atoms with Gasteiger partial charge in [0, 0.05) is 11.6 Å². The molecule has 1 aliphatic heterocycles. The lowest BCUT2D eigenvalue weighted by molar-refractivity contribution is -0.121. The smallest absolute Gasteiger partial charge is 0.227 e. The number of hydrogen-bond acceptors (Lipinski definition) is 2. The van der Waals surface area contributed by atoms with Crippen LogP contribution in [0, 0.1) is 17.8 Å². The molecule has 1 aromatic rings. The second-order valence-corrected chi connectivity index (χ2v) is 7.54. The molecule has 121 valence electrons.